The van der Waals surface area contributed by atoms with Crippen LogP contribution >= 0.6 is 39.1 Å². The summed E-state index contributed by atoms with van der Waals surface area (Å²) in [5, 5.41) is 3.95. The van der Waals surface area contributed by atoms with Crippen LogP contribution in [0.2, 0.25) is 10.0 Å². The van der Waals surface area contributed by atoms with Gasteiger partial charge < -0.3 is 10.3 Å². The van der Waals surface area contributed by atoms with E-state index < -0.39 is 0 Å². The van der Waals surface area contributed by atoms with Crippen molar-refractivity contribution in [2.75, 3.05) is 5.32 Å². The molecule has 0 aliphatic carbocycles. The molecule has 1 aromatic carbocycles. The molecule has 2 aromatic rings. The smallest absolute Gasteiger partial charge is 0.267 e. The second-order valence-electron chi connectivity index (χ2n) is 3.18. The van der Waals surface area contributed by atoms with Gasteiger partial charge >= 0.3 is 0 Å². The van der Waals surface area contributed by atoms with Crippen LogP contribution in [0.4, 0.5) is 11.5 Å². The van der Waals surface area contributed by atoms with Gasteiger partial charge in [0.1, 0.15) is 4.47 Å². The Morgan fingerprint density at radius 2 is 1.88 bits per heavy atom. The van der Waals surface area contributed by atoms with Crippen LogP contribution < -0.4 is 10.9 Å². The molecule has 0 amide bonds. The number of anilines is 2. The van der Waals surface area contributed by atoms with Gasteiger partial charge in [0, 0.05) is 15.7 Å². The Hall–Kier alpha value is -1.04. The molecule has 0 radical (unpaired) electrons. The first-order chi connectivity index (χ1) is 8.06. The number of nitrogens with zero attached hydrogens (tertiary/aromatic N) is 1. The molecule has 1 heterocycles. The van der Waals surface area contributed by atoms with Gasteiger partial charge in [-0.25, -0.2) is 4.98 Å². The van der Waals surface area contributed by atoms with Crippen LogP contribution in [0.15, 0.2) is 33.8 Å². The van der Waals surface area contributed by atoms with Crippen LogP contribution in [0.3, 0.4) is 0 Å². The maximum Gasteiger partial charge on any atom is 0.267 e. The summed E-state index contributed by atoms with van der Waals surface area (Å²) in [6.07, 6.45) is 1.31. The van der Waals surface area contributed by atoms with Crippen molar-refractivity contribution >= 4 is 50.6 Å². The third kappa shape index (κ3) is 3.00. The van der Waals surface area contributed by atoms with E-state index in [0.29, 0.717) is 26.0 Å². The number of benzene rings is 1. The first-order valence-corrected chi connectivity index (χ1v) is 6.07. The van der Waals surface area contributed by atoms with E-state index in [1.54, 1.807) is 18.2 Å². The summed E-state index contributed by atoms with van der Waals surface area (Å²) in [6, 6.07) is 4.99. The van der Waals surface area contributed by atoms with Crippen LogP contribution in [0.25, 0.3) is 0 Å². The van der Waals surface area contributed by atoms with Crippen molar-refractivity contribution in [2.24, 2.45) is 0 Å². The van der Waals surface area contributed by atoms with Gasteiger partial charge in [-0.1, -0.05) is 23.2 Å². The Morgan fingerprint density at radius 3 is 2.53 bits per heavy atom. The number of H-pyrrole nitrogens is 1. The van der Waals surface area contributed by atoms with Gasteiger partial charge in [-0.05, 0) is 34.1 Å². The maximum absolute atomic E-state index is 11.3. The topological polar surface area (TPSA) is 57.8 Å². The van der Waals surface area contributed by atoms with Gasteiger partial charge in [0.15, 0.2) is 5.82 Å². The zero-order valence-electron chi connectivity index (χ0n) is 8.30. The van der Waals surface area contributed by atoms with E-state index in [4.69, 9.17) is 23.2 Å². The molecule has 7 heteroatoms. The van der Waals surface area contributed by atoms with Crippen molar-refractivity contribution in [1.82, 2.24) is 9.97 Å². The van der Waals surface area contributed by atoms with Gasteiger partial charge in [-0.3, -0.25) is 4.79 Å². The molecule has 0 aliphatic heterocycles. The number of rotatable bonds is 2. The average Bonchev–Trinajstić information content (AvgIpc) is 2.23. The summed E-state index contributed by atoms with van der Waals surface area (Å²) >= 11 is 14.9. The standard InChI is InChI=1S/C10H6BrCl2N3O/c11-8-9(14-4-15-10(8)17)16-7-2-5(12)1-6(13)3-7/h1-4H,(H2,14,15,16,17). The van der Waals surface area contributed by atoms with Crippen LogP contribution in [-0.2, 0) is 0 Å². The second kappa shape index (κ2) is 5.08. The zero-order valence-corrected chi connectivity index (χ0v) is 11.4. The lowest BCUT2D eigenvalue weighted by molar-refractivity contribution is 1.10. The van der Waals surface area contributed by atoms with E-state index in [-0.39, 0.29) is 5.56 Å². The molecule has 2 N–H and O–H groups in total. The quantitative estimate of drug-likeness (QED) is 0.882. The minimum atomic E-state index is -0.268. The number of hydrogen-bond acceptors (Lipinski definition) is 3. The molecule has 0 saturated heterocycles. The van der Waals surface area contributed by atoms with E-state index in [2.05, 4.69) is 31.2 Å². The third-order valence-electron chi connectivity index (χ3n) is 1.92. The predicted octanol–water partition coefficient (Wildman–Crippen LogP) is 3.58. The van der Waals surface area contributed by atoms with Crippen LogP contribution in [-0.4, -0.2) is 9.97 Å². The number of halogens is 3. The molecule has 0 saturated carbocycles. The molecule has 0 unspecified atom stereocenters. The second-order valence-corrected chi connectivity index (χ2v) is 4.84. The Balaban J connectivity index is 2.38. The summed E-state index contributed by atoms with van der Waals surface area (Å²) < 4.78 is 0.316. The lowest BCUT2D eigenvalue weighted by Crippen LogP contribution is -2.09. The van der Waals surface area contributed by atoms with Crippen LogP contribution in [0.1, 0.15) is 0 Å². The van der Waals surface area contributed by atoms with Crippen molar-refractivity contribution in [3.63, 3.8) is 0 Å². The minimum Gasteiger partial charge on any atom is -0.339 e. The molecule has 17 heavy (non-hydrogen) atoms. The van der Waals surface area contributed by atoms with E-state index in [9.17, 15) is 4.79 Å². The fourth-order valence-electron chi connectivity index (χ4n) is 1.23. The highest BCUT2D eigenvalue weighted by atomic mass is 79.9. The zero-order chi connectivity index (χ0) is 12.4. The van der Waals surface area contributed by atoms with E-state index in [0.717, 1.165) is 0 Å². The summed E-state index contributed by atoms with van der Waals surface area (Å²) in [5.74, 6) is 0.395. The molecule has 0 spiro atoms. The Bertz CT molecular complexity index is 594. The molecule has 0 bridgehead atoms. The molecule has 2 rings (SSSR count). The summed E-state index contributed by atoms with van der Waals surface area (Å²) in [7, 11) is 0. The molecule has 88 valence electrons. The highest BCUT2D eigenvalue weighted by Crippen LogP contribution is 2.26. The highest BCUT2D eigenvalue weighted by Gasteiger charge is 2.06. The van der Waals surface area contributed by atoms with Crippen LogP contribution in [0.5, 0.6) is 0 Å². The largest absolute Gasteiger partial charge is 0.339 e. The predicted molar refractivity (Wildman–Crippen MR) is 72.3 cm³/mol. The monoisotopic (exact) mass is 333 g/mol. The van der Waals surface area contributed by atoms with Gasteiger partial charge in [-0.2, -0.15) is 0 Å². The van der Waals surface area contributed by atoms with Gasteiger partial charge in [0.2, 0.25) is 0 Å². The average molecular weight is 335 g/mol. The Kier molecular flexibility index (Phi) is 3.71. The minimum absolute atomic E-state index is 0.268. The van der Waals surface area contributed by atoms with Crippen molar-refractivity contribution < 1.29 is 0 Å². The van der Waals surface area contributed by atoms with E-state index in [1.165, 1.54) is 6.33 Å². The van der Waals surface area contributed by atoms with Crippen molar-refractivity contribution in [1.29, 1.82) is 0 Å². The van der Waals surface area contributed by atoms with Crippen molar-refractivity contribution in [2.45, 2.75) is 0 Å². The SMILES string of the molecule is O=c1[nH]cnc(Nc2cc(Cl)cc(Cl)c2)c1Br. The number of aromatic nitrogens is 2. The Morgan fingerprint density at radius 1 is 1.24 bits per heavy atom. The first kappa shape index (κ1) is 12.4. The van der Waals surface area contributed by atoms with E-state index >= 15 is 0 Å². The molecular formula is C10H6BrCl2N3O. The normalized spacial score (nSPS) is 10.3. The number of hydrogen-bond donors (Lipinski definition) is 2. The lowest BCUT2D eigenvalue weighted by atomic mass is 10.3. The van der Waals surface area contributed by atoms with Crippen molar-refractivity contribution in [3.8, 4) is 0 Å². The lowest BCUT2D eigenvalue weighted by Gasteiger charge is -2.07. The first-order valence-electron chi connectivity index (χ1n) is 4.52. The van der Waals surface area contributed by atoms with Gasteiger partial charge in [0.25, 0.3) is 5.56 Å². The van der Waals surface area contributed by atoms with Gasteiger partial charge in [-0.15, -0.1) is 0 Å². The van der Waals surface area contributed by atoms with Gasteiger partial charge in [0.05, 0.1) is 6.33 Å². The molecule has 0 atom stereocenters. The van der Waals surface area contributed by atoms with E-state index in [1.807, 2.05) is 0 Å². The third-order valence-corrected chi connectivity index (χ3v) is 3.09. The number of nitrogens with one attached hydrogen (secondary N) is 2. The molecule has 1 aromatic heterocycles. The Labute approximate surface area is 115 Å². The number of aromatic amines is 1. The molecule has 0 fully saturated rings. The summed E-state index contributed by atoms with van der Waals surface area (Å²) in [5.41, 5.74) is 0.386. The fraction of sp³-hybridized carbons (Fsp3) is 0. The van der Waals surface area contributed by atoms with Crippen LogP contribution in [0, 0.1) is 0 Å². The molecule has 4 nitrogen and oxygen atoms in total. The molecular weight excluding hydrogens is 329 g/mol. The summed E-state index contributed by atoms with van der Waals surface area (Å²) in [4.78, 5) is 17.8. The molecule has 0 aliphatic rings. The van der Waals surface area contributed by atoms with Crippen molar-refractivity contribution in [3.05, 3.63) is 49.4 Å². The maximum atomic E-state index is 11.3. The summed E-state index contributed by atoms with van der Waals surface area (Å²) in [6.45, 7) is 0. The highest BCUT2D eigenvalue weighted by molar-refractivity contribution is 9.10. The fourth-order valence-corrected chi connectivity index (χ4v) is 2.07.